The lowest BCUT2D eigenvalue weighted by molar-refractivity contribution is 0.421. The van der Waals surface area contributed by atoms with Crippen molar-refractivity contribution in [2.24, 2.45) is 0 Å². The number of benzene rings is 3. The van der Waals surface area contributed by atoms with Crippen molar-refractivity contribution in [2.75, 3.05) is 0 Å². The highest BCUT2D eigenvalue weighted by Crippen LogP contribution is 2.42. The zero-order chi connectivity index (χ0) is 43.8. The molecule has 0 aliphatic rings. The molecule has 0 unspecified atom stereocenters. The number of nitrogens with zero attached hydrogens (tertiary/aromatic N) is 3. The van der Waals surface area contributed by atoms with Crippen LogP contribution in [-0.2, 0) is 52.1 Å². The average molecular weight is 783 g/mol. The smallest absolute Gasteiger partial charge is 0.335 e. The minimum Gasteiger partial charge on any atom is -0.507 e. The molecular weight excluding hydrogens is 713 g/mol. The molecule has 312 valence electrons. The summed E-state index contributed by atoms with van der Waals surface area (Å²) in [6.07, 6.45) is 0. The van der Waals surface area contributed by atoms with E-state index in [2.05, 4.69) is 0 Å². The number of aromatic nitrogens is 3. The van der Waals surface area contributed by atoms with Crippen LogP contribution < -0.4 is 17.0 Å². The van der Waals surface area contributed by atoms with E-state index in [0.717, 1.165) is 33.4 Å². The van der Waals surface area contributed by atoms with E-state index in [4.69, 9.17) is 0 Å². The summed E-state index contributed by atoms with van der Waals surface area (Å²) in [5.41, 5.74) is 2.39. The van der Waals surface area contributed by atoms with Gasteiger partial charge in [-0.2, -0.15) is 0 Å². The quantitative estimate of drug-likeness (QED) is 0.155. The monoisotopic (exact) mass is 783 g/mol. The van der Waals surface area contributed by atoms with Gasteiger partial charge in [-0.1, -0.05) is 125 Å². The third kappa shape index (κ3) is 9.45. The molecule has 9 nitrogen and oxygen atoms in total. The Bertz CT molecular complexity index is 1960. The van der Waals surface area contributed by atoms with Gasteiger partial charge in [0.15, 0.2) is 0 Å². The van der Waals surface area contributed by atoms with Crippen molar-refractivity contribution in [3.05, 3.63) is 113 Å². The van der Waals surface area contributed by atoms with Gasteiger partial charge in [-0.15, -0.1) is 0 Å². The van der Waals surface area contributed by atoms with E-state index >= 15 is 0 Å². The lowest BCUT2D eigenvalue weighted by Gasteiger charge is -2.29. The summed E-state index contributed by atoms with van der Waals surface area (Å²) in [5.74, 6) is 0.629. The molecule has 4 N–H and O–H groups in total. The lowest BCUT2D eigenvalue weighted by Crippen LogP contribution is -2.55. The zero-order valence-electron chi connectivity index (χ0n) is 38.1. The Morgan fingerprint density at radius 1 is 0.386 bits per heavy atom. The van der Waals surface area contributed by atoms with E-state index < -0.39 is 43.9 Å². The molecule has 0 radical (unpaired) electrons. The average Bonchev–Trinajstić information content (AvgIpc) is 3.02. The highest BCUT2D eigenvalue weighted by atomic mass is 16.3. The first-order valence-electron chi connectivity index (χ1n) is 20.1. The van der Waals surface area contributed by atoms with E-state index in [9.17, 15) is 30.3 Å². The van der Waals surface area contributed by atoms with E-state index in [1.807, 2.05) is 161 Å². The largest absolute Gasteiger partial charge is 0.507 e. The molecule has 57 heavy (non-hydrogen) atoms. The Hall–Kier alpha value is -4.53. The SMILES string of the molecule is CC(C)(C)c1cc(Cn2c(=N)n(Cc3cc(C(C)(C)C)c(O)c(C(C)(C)C)c3)c(=O)n(Cc3cc(C(C)(C)C)c(O)c(C(C)(C)C)c3)c2=O)cc(C(C)(C)C)c1O. The van der Waals surface area contributed by atoms with E-state index in [-0.39, 0.29) is 42.5 Å². The predicted molar refractivity (Wildman–Crippen MR) is 233 cm³/mol. The van der Waals surface area contributed by atoms with Crippen LogP contribution in [0.1, 0.15) is 175 Å². The molecule has 3 aromatic carbocycles. The minimum absolute atomic E-state index is 0.0174. The normalized spacial score (nSPS) is 13.4. The molecule has 1 aromatic heterocycles. The topological polar surface area (TPSA) is 133 Å². The first-order chi connectivity index (χ1) is 25.5. The lowest BCUT2D eigenvalue weighted by atomic mass is 9.78. The van der Waals surface area contributed by atoms with E-state index in [1.165, 1.54) is 13.7 Å². The first-order valence-corrected chi connectivity index (χ1v) is 20.1. The van der Waals surface area contributed by atoms with Crippen molar-refractivity contribution in [3.63, 3.8) is 0 Å². The van der Waals surface area contributed by atoms with Crippen LogP contribution in [-0.4, -0.2) is 29.0 Å². The van der Waals surface area contributed by atoms with Gasteiger partial charge in [-0.3, -0.25) is 14.5 Å². The molecular formula is C48H70N4O5. The standard InChI is InChI=1S/C48H70N4O5/c1-43(2,3)31-19-28(20-32(37(31)53)44(4,5)6)25-50-40(49)51(26-29-21-33(45(7,8)9)38(54)34(22-29)46(10,11)12)42(57)52(41(50)56)27-30-23-35(47(13,14)15)39(55)36(24-30)48(16,17)18/h19-24,49,53-55H,25-27H2,1-18H3. The van der Waals surface area contributed by atoms with Gasteiger partial charge in [-0.25, -0.2) is 14.2 Å². The molecule has 9 heteroatoms. The van der Waals surface area contributed by atoms with Crippen LogP contribution in [0, 0.1) is 5.41 Å². The zero-order valence-corrected chi connectivity index (χ0v) is 38.1. The van der Waals surface area contributed by atoms with Gasteiger partial charge in [-0.05, 0) is 119 Å². The fraction of sp³-hybridized carbons (Fsp3) is 0.562. The fourth-order valence-electron chi connectivity index (χ4n) is 7.46. The Kier molecular flexibility index (Phi) is 11.6. The molecule has 0 aliphatic heterocycles. The van der Waals surface area contributed by atoms with Crippen molar-refractivity contribution in [1.29, 1.82) is 5.41 Å². The van der Waals surface area contributed by atoms with Gasteiger partial charge in [0.05, 0.1) is 19.6 Å². The highest BCUT2D eigenvalue weighted by molar-refractivity contribution is 5.52. The number of aromatic hydroxyl groups is 3. The number of nitrogens with one attached hydrogen (secondary N) is 1. The van der Waals surface area contributed by atoms with Crippen LogP contribution in [0.2, 0.25) is 0 Å². The summed E-state index contributed by atoms with van der Waals surface area (Å²) >= 11 is 0. The van der Waals surface area contributed by atoms with Crippen LogP contribution >= 0.6 is 0 Å². The summed E-state index contributed by atoms with van der Waals surface area (Å²) in [4.78, 5) is 29.5. The van der Waals surface area contributed by atoms with Gasteiger partial charge < -0.3 is 15.3 Å². The Labute approximate surface area is 340 Å². The van der Waals surface area contributed by atoms with E-state index in [1.54, 1.807) is 0 Å². The minimum atomic E-state index is -0.636. The molecule has 0 amide bonds. The Balaban J connectivity index is 2.12. The van der Waals surface area contributed by atoms with Crippen LogP contribution in [0.5, 0.6) is 17.2 Å². The number of hydrogen-bond acceptors (Lipinski definition) is 6. The molecule has 0 atom stereocenters. The Morgan fingerprint density at radius 2 is 0.561 bits per heavy atom. The second kappa shape index (κ2) is 14.7. The summed E-state index contributed by atoms with van der Waals surface area (Å²) in [6.45, 7) is 36.3. The van der Waals surface area contributed by atoms with Crippen molar-refractivity contribution in [3.8, 4) is 17.2 Å². The highest BCUT2D eigenvalue weighted by Gasteiger charge is 2.30. The van der Waals surface area contributed by atoms with Gasteiger partial charge in [0.25, 0.3) is 0 Å². The molecule has 0 saturated heterocycles. The molecule has 0 aliphatic carbocycles. The molecule has 0 fully saturated rings. The van der Waals surface area contributed by atoms with Crippen LogP contribution in [0.4, 0.5) is 0 Å². The molecule has 0 spiro atoms. The van der Waals surface area contributed by atoms with Crippen molar-refractivity contribution < 1.29 is 15.3 Å². The number of rotatable bonds is 6. The van der Waals surface area contributed by atoms with Crippen LogP contribution in [0.3, 0.4) is 0 Å². The molecule has 0 bridgehead atoms. The molecule has 4 rings (SSSR count). The van der Waals surface area contributed by atoms with E-state index in [0.29, 0.717) is 16.7 Å². The van der Waals surface area contributed by atoms with Crippen LogP contribution in [0.15, 0.2) is 46.0 Å². The summed E-state index contributed by atoms with van der Waals surface area (Å²) in [5, 5.41) is 44.0. The van der Waals surface area contributed by atoms with Crippen LogP contribution in [0.25, 0.3) is 0 Å². The first kappa shape index (κ1) is 45.2. The second-order valence-corrected chi connectivity index (χ2v) is 22.3. The van der Waals surface area contributed by atoms with Gasteiger partial charge >= 0.3 is 11.4 Å². The maximum Gasteiger partial charge on any atom is 0.335 e. The fourth-order valence-corrected chi connectivity index (χ4v) is 7.46. The summed E-state index contributed by atoms with van der Waals surface area (Å²) < 4.78 is 3.85. The third-order valence-corrected chi connectivity index (χ3v) is 10.8. The van der Waals surface area contributed by atoms with Crippen molar-refractivity contribution >= 4 is 0 Å². The summed E-state index contributed by atoms with van der Waals surface area (Å²) in [7, 11) is 0. The molecule has 1 heterocycles. The van der Waals surface area contributed by atoms with Gasteiger partial charge in [0.1, 0.15) is 17.2 Å². The second-order valence-electron chi connectivity index (χ2n) is 22.3. The molecule has 4 aromatic rings. The molecule has 0 saturated carbocycles. The maximum absolute atomic E-state index is 14.8. The van der Waals surface area contributed by atoms with Crippen molar-refractivity contribution in [2.45, 2.75) is 177 Å². The third-order valence-electron chi connectivity index (χ3n) is 10.8. The summed E-state index contributed by atoms with van der Waals surface area (Å²) in [6, 6.07) is 11.3. The van der Waals surface area contributed by atoms with Gasteiger partial charge in [0, 0.05) is 0 Å². The number of phenols is 3. The number of hydrogen-bond donors (Lipinski definition) is 4. The van der Waals surface area contributed by atoms with Gasteiger partial charge in [0.2, 0.25) is 5.62 Å². The number of phenolic OH excluding ortho intramolecular Hbond substituents is 3. The predicted octanol–water partition coefficient (Wildman–Crippen LogP) is 9.34. The maximum atomic E-state index is 14.8. The Morgan fingerprint density at radius 3 is 0.737 bits per heavy atom. The van der Waals surface area contributed by atoms with Crippen molar-refractivity contribution in [1.82, 2.24) is 13.7 Å².